The second-order valence-corrected chi connectivity index (χ2v) is 7.26. The van der Waals surface area contributed by atoms with Crippen molar-refractivity contribution >= 4 is 31.4 Å². The van der Waals surface area contributed by atoms with Crippen molar-refractivity contribution in [1.82, 2.24) is 4.98 Å². The highest BCUT2D eigenvalue weighted by molar-refractivity contribution is 7.90. The van der Waals surface area contributed by atoms with Crippen molar-refractivity contribution < 1.29 is 8.42 Å². The minimum Gasteiger partial charge on any atom is -0.286 e. The number of nitrogens with zero attached hydrogens (tertiary/aromatic N) is 1. The van der Waals surface area contributed by atoms with Crippen LogP contribution in [0.5, 0.6) is 0 Å². The molecule has 0 aromatic heterocycles. The average molecular weight is 291 g/mol. The summed E-state index contributed by atoms with van der Waals surface area (Å²) in [7, 11) is -3.53. The lowest BCUT2D eigenvalue weighted by atomic mass is 10.2. The third kappa shape index (κ3) is 2.02. The van der Waals surface area contributed by atoms with Gasteiger partial charge in [0.2, 0.25) is 5.43 Å². The minimum atomic E-state index is -3.53. The van der Waals surface area contributed by atoms with E-state index in [2.05, 4.69) is 4.98 Å². The molecule has 2 aliphatic rings. The van der Waals surface area contributed by atoms with Crippen molar-refractivity contribution in [2.45, 2.75) is 4.90 Å². The van der Waals surface area contributed by atoms with Gasteiger partial charge in [0, 0.05) is 6.26 Å². The van der Waals surface area contributed by atoms with Crippen molar-refractivity contribution in [3.8, 4) is 10.6 Å². The molecule has 4 nitrogen and oxygen atoms in total. The van der Waals surface area contributed by atoms with E-state index in [4.69, 9.17) is 0 Å². The zero-order valence-electron chi connectivity index (χ0n) is 9.95. The minimum absolute atomic E-state index is 0.199. The molecule has 0 spiro atoms. The summed E-state index contributed by atoms with van der Waals surface area (Å²) in [5, 5.41) is 0. The lowest BCUT2D eigenvalue weighted by Gasteiger charge is -2.06. The Kier molecular flexibility index (Phi) is 2.65. The third-order valence-corrected chi connectivity index (χ3v) is 5.01. The lowest BCUT2D eigenvalue weighted by Crippen LogP contribution is -2.16. The molecule has 1 aromatic carbocycles. The molecule has 1 aliphatic carbocycles. The van der Waals surface area contributed by atoms with Crippen molar-refractivity contribution in [2.75, 3.05) is 6.26 Å². The molecule has 96 valence electrons. The summed E-state index contributed by atoms with van der Waals surface area (Å²) in [6.45, 7) is 0. The maximum Gasteiger partial charge on any atom is 0.224 e. The maximum absolute atomic E-state index is 12.2. The fourth-order valence-corrected chi connectivity index (χ4v) is 3.61. The van der Waals surface area contributed by atoms with E-state index in [1.54, 1.807) is 12.1 Å². The summed E-state index contributed by atoms with van der Waals surface area (Å²) >= 11 is 1.43. The standard InChI is InChI=1S/C13H9NO3S2/c1-19(16,17)11-7-6-10-12(13(11)15)14-8-4-2-3-5-9(8)18-10/h2-7H,1H3. The molecule has 0 radical (unpaired) electrons. The van der Waals surface area contributed by atoms with Gasteiger partial charge in [0.1, 0.15) is 10.6 Å². The SMILES string of the molecule is CS(=O)(=O)c1ccc2sc3ccccc3nc-2c1=O. The van der Waals surface area contributed by atoms with Crippen LogP contribution in [0.1, 0.15) is 0 Å². The first-order chi connectivity index (χ1) is 8.97. The Bertz CT molecular complexity index is 913. The Morgan fingerprint density at radius 2 is 1.84 bits per heavy atom. The van der Waals surface area contributed by atoms with Crippen LogP contribution >= 0.6 is 11.3 Å². The first kappa shape index (κ1) is 12.3. The molecule has 0 fully saturated rings. The summed E-state index contributed by atoms with van der Waals surface area (Å²) in [6.07, 6.45) is 1.03. The van der Waals surface area contributed by atoms with E-state index in [-0.39, 0.29) is 10.6 Å². The van der Waals surface area contributed by atoms with E-state index in [1.807, 2.05) is 18.2 Å². The predicted octanol–water partition coefficient (Wildman–Crippen LogP) is 2.16. The zero-order valence-corrected chi connectivity index (χ0v) is 11.6. The van der Waals surface area contributed by atoms with E-state index < -0.39 is 15.3 Å². The molecule has 0 bridgehead atoms. The molecule has 19 heavy (non-hydrogen) atoms. The number of para-hydroxylation sites is 1. The summed E-state index contributed by atoms with van der Waals surface area (Å²) < 4.78 is 24.0. The largest absolute Gasteiger partial charge is 0.286 e. The number of sulfone groups is 1. The molecule has 3 rings (SSSR count). The van der Waals surface area contributed by atoms with Crippen LogP contribution in [-0.4, -0.2) is 19.7 Å². The number of hydrogen-bond donors (Lipinski definition) is 0. The Balaban J connectivity index is 2.47. The number of hydrogen-bond acceptors (Lipinski definition) is 5. The van der Waals surface area contributed by atoms with Gasteiger partial charge in [-0.25, -0.2) is 13.4 Å². The van der Waals surface area contributed by atoms with Gasteiger partial charge in [-0.3, -0.25) is 4.79 Å². The first-order valence-electron chi connectivity index (χ1n) is 5.49. The van der Waals surface area contributed by atoms with Crippen LogP contribution in [0.3, 0.4) is 0 Å². The van der Waals surface area contributed by atoms with Gasteiger partial charge in [0.05, 0.1) is 15.1 Å². The summed E-state index contributed by atoms with van der Waals surface area (Å²) in [4.78, 5) is 17.0. The number of benzene rings is 2. The fraction of sp³-hybridized carbons (Fsp3) is 0.0769. The molecule has 6 heteroatoms. The average Bonchev–Trinajstić information content (AvgIpc) is 2.36. The molecule has 0 atom stereocenters. The van der Waals surface area contributed by atoms with Gasteiger partial charge in [-0.05, 0) is 24.3 Å². The Morgan fingerprint density at radius 1 is 1.11 bits per heavy atom. The van der Waals surface area contributed by atoms with Gasteiger partial charge in [0.15, 0.2) is 9.84 Å². The van der Waals surface area contributed by atoms with Crippen LogP contribution in [0.2, 0.25) is 0 Å². The van der Waals surface area contributed by atoms with Gasteiger partial charge in [-0.15, -0.1) is 11.3 Å². The Labute approximate surface area is 113 Å². The molecular formula is C13H9NO3S2. The second-order valence-electron chi connectivity index (χ2n) is 4.19. The molecule has 0 unspecified atom stereocenters. The number of rotatable bonds is 1. The smallest absolute Gasteiger partial charge is 0.224 e. The van der Waals surface area contributed by atoms with Gasteiger partial charge < -0.3 is 0 Å². The van der Waals surface area contributed by atoms with Crippen LogP contribution in [-0.2, 0) is 9.84 Å². The van der Waals surface area contributed by atoms with Crippen molar-refractivity contribution in [1.29, 1.82) is 0 Å². The van der Waals surface area contributed by atoms with Gasteiger partial charge in [-0.2, -0.15) is 0 Å². The monoisotopic (exact) mass is 291 g/mol. The highest BCUT2D eigenvalue weighted by Gasteiger charge is 2.19. The maximum atomic E-state index is 12.2. The number of fused-ring (bicyclic) bond motifs is 2. The predicted molar refractivity (Wildman–Crippen MR) is 75.6 cm³/mol. The van der Waals surface area contributed by atoms with Crippen molar-refractivity contribution in [3.05, 3.63) is 46.6 Å². The van der Waals surface area contributed by atoms with E-state index in [9.17, 15) is 13.2 Å². The molecule has 0 saturated heterocycles. The lowest BCUT2D eigenvalue weighted by molar-refractivity contribution is 0.601. The van der Waals surface area contributed by atoms with Crippen LogP contribution in [0.4, 0.5) is 0 Å². The summed E-state index contributed by atoms with van der Waals surface area (Å²) in [5.41, 5.74) is 0.386. The van der Waals surface area contributed by atoms with Crippen LogP contribution in [0.25, 0.3) is 20.8 Å². The van der Waals surface area contributed by atoms with Crippen LogP contribution in [0, 0.1) is 0 Å². The Hall–Kier alpha value is -1.79. The summed E-state index contributed by atoms with van der Waals surface area (Å²) in [6, 6.07) is 10.4. The molecule has 0 N–H and O–H groups in total. The van der Waals surface area contributed by atoms with Gasteiger partial charge in [-0.1, -0.05) is 12.1 Å². The quantitative estimate of drug-likeness (QED) is 0.645. The molecular weight excluding hydrogens is 282 g/mol. The topological polar surface area (TPSA) is 64.1 Å². The van der Waals surface area contributed by atoms with Crippen molar-refractivity contribution in [3.63, 3.8) is 0 Å². The fourth-order valence-electron chi connectivity index (χ4n) is 1.89. The van der Waals surface area contributed by atoms with E-state index in [0.29, 0.717) is 10.4 Å². The zero-order chi connectivity index (χ0) is 13.6. The second kappa shape index (κ2) is 4.11. The summed E-state index contributed by atoms with van der Waals surface area (Å²) in [5.74, 6) is 0. The number of aromatic nitrogens is 1. The van der Waals surface area contributed by atoms with Gasteiger partial charge in [0.25, 0.3) is 0 Å². The highest BCUT2D eigenvalue weighted by Crippen LogP contribution is 2.29. The van der Waals surface area contributed by atoms with Crippen molar-refractivity contribution in [2.24, 2.45) is 0 Å². The third-order valence-electron chi connectivity index (χ3n) is 2.78. The molecule has 0 amide bonds. The molecule has 1 aliphatic heterocycles. The van der Waals surface area contributed by atoms with E-state index >= 15 is 0 Å². The van der Waals surface area contributed by atoms with Gasteiger partial charge >= 0.3 is 0 Å². The molecule has 1 heterocycles. The molecule has 1 aromatic rings. The first-order valence-corrected chi connectivity index (χ1v) is 8.20. The highest BCUT2D eigenvalue weighted by atomic mass is 32.2. The van der Waals surface area contributed by atoms with Crippen LogP contribution < -0.4 is 5.43 Å². The molecule has 0 saturated carbocycles. The Morgan fingerprint density at radius 3 is 2.58 bits per heavy atom. The normalized spacial score (nSPS) is 12.1. The van der Waals surface area contributed by atoms with E-state index in [1.165, 1.54) is 17.4 Å². The van der Waals surface area contributed by atoms with Crippen LogP contribution in [0.15, 0.2) is 46.1 Å². The van der Waals surface area contributed by atoms with E-state index in [0.717, 1.165) is 11.0 Å².